The van der Waals surface area contributed by atoms with Crippen molar-refractivity contribution in [1.82, 2.24) is 0 Å². The molecule has 3 heteroatoms. The standard InChI is InChI=1S/C5H10O3/c6-3-5-4(7)1-2-8-5/h4-7H,1-3H2/t4-,5-/m0/s1. The molecule has 3 nitrogen and oxygen atoms in total. The predicted molar refractivity (Wildman–Crippen MR) is 27.4 cm³/mol. The highest BCUT2D eigenvalue weighted by molar-refractivity contribution is 4.73. The van der Waals surface area contributed by atoms with Gasteiger partial charge in [-0.2, -0.15) is 0 Å². The molecule has 0 unspecified atom stereocenters. The van der Waals surface area contributed by atoms with Gasteiger partial charge in [0, 0.05) is 6.61 Å². The van der Waals surface area contributed by atoms with Crippen LogP contribution in [0.2, 0.25) is 0 Å². The van der Waals surface area contributed by atoms with Gasteiger partial charge >= 0.3 is 0 Å². The minimum atomic E-state index is -0.444. The lowest BCUT2D eigenvalue weighted by Crippen LogP contribution is -2.24. The molecule has 1 fully saturated rings. The van der Waals surface area contributed by atoms with Crippen LogP contribution in [0.5, 0.6) is 0 Å². The molecule has 48 valence electrons. The lowest BCUT2D eigenvalue weighted by Gasteiger charge is -2.07. The van der Waals surface area contributed by atoms with E-state index in [0.717, 1.165) is 0 Å². The molecule has 2 atom stereocenters. The van der Waals surface area contributed by atoms with Crippen LogP contribution in [0.1, 0.15) is 6.42 Å². The van der Waals surface area contributed by atoms with Crippen molar-refractivity contribution >= 4 is 0 Å². The van der Waals surface area contributed by atoms with Crippen LogP contribution in [0.3, 0.4) is 0 Å². The molecule has 0 aromatic rings. The second-order valence-corrected chi connectivity index (χ2v) is 1.95. The van der Waals surface area contributed by atoms with Crippen LogP contribution in [0, 0.1) is 0 Å². The van der Waals surface area contributed by atoms with Gasteiger partial charge in [0.25, 0.3) is 0 Å². The van der Waals surface area contributed by atoms with Gasteiger partial charge < -0.3 is 14.9 Å². The summed E-state index contributed by atoms with van der Waals surface area (Å²) in [4.78, 5) is 0. The number of rotatable bonds is 1. The highest BCUT2D eigenvalue weighted by Crippen LogP contribution is 2.11. The second-order valence-electron chi connectivity index (χ2n) is 1.95. The summed E-state index contributed by atoms with van der Waals surface area (Å²) in [6, 6.07) is 0. The van der Waals surface area contributed by atoms with E-state index in [1.807, 2.05) is 0 Å². The highest BCUT2D eigenvalue weighted by atomic mass is 16.5. The Morgan fingerprint density at radius 1 is 1.62 bits per heavy atom. The monoisotopic (exact) mass is 118 g/mol. The average molecular weight is 118 g/mol. The van der Waals surface area contributed by atoms with Gasteiger partial charge in [0.15, 0.2) is 0 Å². The van der Waals surface area contributed by atoms with E-state index < -0.39 is 6.10 Å². The maximum Gasteiger partial charge on any atom is 0.106 e. The first-order valence-electron chi connectivity index (χ1n) is 2.75. The van der Waals surface area contributed by atoms with E-state index >= 15 is 0 Å². The van der Waals surface area contributed by atoms with E-state index in [1.165, 1.54) is 0 Å². The number of aliphatic hydroxyl groups is 2. The minimum absolute atomic E-state index is 0.0683. The molecular weight excluding hydrogens is 108 g/mol. The van der Waals surface area contributed by atoms with Crippen molar-refractivity contribution < 1.29 is 14.9 Å². The smallest absolute Gasteiger partial charge is 0.106 e. The van der Waals surface area contributed by atoms with Gasteiger partial charge in [-0.25, -0.2) is 0 Å². The molecule has 0 amide bonds. The van der Waals surface area contributed by atoms with Gasteiger partial charge in [0.05, 0.1) is 12.7 Å². The van der Waals surface area contributed by atoms with Gasteiger partial charge in [-0.05, 0) is 6.42 Å². The first-order chi connectivity index (χ1) is 3.84. The van der Waals surface area contributed by atoms with Crippen LogP contribution < -0.4 is 0 Å². The maximum absolute atomic E-state index is 8.90. The van der Waals surface area contributed by atoms with Crippen LogP contribution in [0.15, 0.2) is 0 Å². The van der Waals surface area contributed by atoms with E-state index in [1.54, 1.807) is 0 Å². The van der Waals surface area contributed by atoms with Gasteiger partial charge in [0.2, 0.25) is 0 Å². The molecule has 1 saturated heterocycles. The molecule has 1 rings (SSSR count). The summed E-state index contributed by atoms with van der Waals surface area (Å²) in [5.41, 5.74) is 0. The van der Waals surface area contributed by atoms with E-state index in [9.17, 15) is 0 Å². The summed E-state index contributed by atoms with van der Waals surface area (Å²) < 4.78 is 4.91. The Morgan fingerprint density at radius 2 is 2.38 bits per heavy atom. The zero-order valence-corrected chi connectivity index (χ0v) is 4.58. The SMILES string of the molecule is OC[C@@H]1OCC[C@@H]1O. The Hall–Kier alpha value is -0.120. The third-order valence-electron chi connectivity index (χ3n) is 1.35. The van der Waals surface area contributed by atoms with Crippen LogP contribution in [-0.2, 0) is 4.74 Å². The van der Waals surface area contributed by atoms with E-state index in [0.29, 0.717) is 13.0 Å². The van der Waals surface area contributed by atoms with Gasteiger partial charge in [0.1, 0.15) is 6.10 Å². The van der Waals surface area contributed by atoms with E-state index in [4.69, 9.17) is 14.9 Å². The van der Waals surface area contributed by atoms with Crippen molar-refractivity contribution in [2.24, 2.45) is 0 Å². The summed E-state index contributed by atoms with van der Waals surface area (Å²) in [5.74, 6) is 0. The van der Waals surface area contributed by atoms with Gasteiger partial charge in [-0.3, -0.25) is 0 Å². The number of hydrogen-bond donors (Lipinski definition) is 2. The number of aliphatic hydroxyl groups excluding tert-OH is 2. The summed E-state index contributed by atoms with van der Waals surface area (Å²) >= 11 is 0. The number of ether oxygens (including phenoxy) is 1. The zero-order chi connectivity index (χ0) is 5.98. The third-order valence-corrected chi connectivity index (χ3v) is 1.35. The molecule has 0 saturated carbocycles. The van der Waals surface area contributed by atoms with E-state index in [-0.39, 0.29) is 12.7 Å². The van der Waals surface area contributed by atoms with Crippen molar-refractivity contribution in [2.45, 2.75) is 18.6 Å². The summed E-state index contributed by atoms with van der Waals surface area (Å²) in [7, 11) is 0. The zero-order valence-electron chi connectivity index (χ0n) is 4.58. The Morgan fingerprint density at radius 3 is 2.62 bits per heavy atom. The molecule has 0 aromatic carbocycles. The van der Waals surface area contributed by atoms with Gasteiger partial charge in [-0.15, -0.1) is 0 Å². The van der Waals surface area contributed by atoms with Crippen molar-refractivity contribution in [3.63, 3.8) is 0 Å². The van der Waals surface area contributed by atoms with Crippen molar-refractivity contribution in [1.29, 1.82) is 0 Å². The van der Waals surface area contributed by atoms with Crippen LogP contribution in [0.25, 0.3) is 0 Å². The summed E-state index contributed by atoms with van der Waals surface area (Å²) in [6.45, 7) is 0.508. The minimum Gasteiger partial charge on any atom is -0.394 e. The molecule has 8 heavy (non-hydrogen) atoms. The first-order valence-corrected chi connectivity index (χ1v) is 2.75. The Bertz CT molecular complexity index is 74.1. The van der Waals surface area contributed by atoms with Crippen molar-refractivity contribution in [2.75, 3.05) is 13.2 Å². The van der Waals surface area contributed by atoms with Crippen molar-refractivity contribution in [3.8, 4) is 0 Å². The molecule has 1 heterocycles. The lowest BCUT2D eigenvalue weighted by molar-refractivity contribution is 0.00406. The molecule has 2 N–H and O–H groups in total. The van der Waals surface area contributed by atoms with Crippen LogP contribution in [-0.4, -0.2) is 35.6 Å². The summed E-state index contributed by atoms with van der Waals surface area (Å²) in [6.07, 6.45) is -0.111. The number of hydrogen-bond acceptors (Lipinski definition) is 3. The van der Waals surface area contributed by atoms with Crippen LogP contribution in [0.4, 0.5) is 0 Å². The molecule has 0 aromatic heterocycles. The molecular formula is C5H10O3. The molecule has 0 aliphatic carbocycles. The predicted octanol–water partition coefficient (Wildman–Crippen LogP) is -0.872. The van der Waals surface area contributed by atoms with E-state index in [2.05, 4.69) is 0 Å². The van der Waals surface area contributed by atoms with Crippen LogP contribution >= 0.6 is 0 Å². The second kappa shape index (κ2) is 2.44. The summed E-state index contributed by atoms with van der Waals surface area (Å²) in [5, 5.41) is 17.4. The molecule has 0 bridgehead atoms. The fraction of sp³-hybridized carbons (Fsp3) is 1.00. The molecule has 0 radical (unpaired) electrons. The normalized spacial score (nSPS) is 38.2. The molecule has 1 aliphatic rings. The fourth-order valence-corrected chi connectivity index (χ4v) is 0.812. The fourth-order valence-electron chi connectivity index (χ4n) is 0.812. The Kier molecular flexibility index (Phi) is 1.83. The molecule has 0 spiro atoms. The largest absolute Gasteiger partial charge is 0.394 e. The Labute approximate surface area is 47.9 Å². The molecule has 1 aliphatic heterocycles. The lowest BCUT2D eigenvalue weighted by atomic mass is 10.2. The highest BCUT2D eigenvalue weighted by Gasteiger charge is 2.24. The first kappa shape index (κ1) is 6.01. The quantitative estimate of drug-likeness (QED) is 0.470. The topological polar surface area (TPSA) is 49.7 Å². The maximum atomic E-state index is 8.90. The van der Waals surface area contributed by atoms with Gasteiger partial charge in [-0.1, -0.05) is 0 Å². The Balaban J connectivity index is 2.30. The van der Waals surface area contributed by atoms with Crippen molar-refractivity contribution in [3.05, 3.63) is 0 Å². The third kappa shape index (κ3) is 0.992. The average Bonchev–Trinajstić information content (AvgIpc) is 2.14.